The van der Waals surface area contributed by atoms with E-state index in [0.29, 0.717) is 12.1 Å². The maximum absolute atomic E-state index is 6.15. The van der Waals surface area contributed by atoms with Crippen LogP contribution in [0.1, 0.15) is 45.4 Å². The first kappa shape index (κ1) is 13.9. The van der Waals surface area contributed by atoms with E-state index in [9.17, 15) is 0 Å². The minimum Gasteiger partial charge on any atom is -0.380 e. The summed E-state index contributed by atoms with van der Waals surface area (Å²) in [5.41, 5.74) is 6.15. The summed E-state index contributed by atoms with van der Waals surface area (Å²) in [4.78, 5) is 2.38. The molecular formula is C13H28N2O. The number of hydrogen-bond donors (Lipinski definition) is 1. The fourth-order valence-corrected chi connectivity index (χ4v) is 2.41. The Kier molecular flexibility index (Phi) is 7.01. The van der Waals surface area contributed by atoms with E-state index in [4.69, 9.17) is 10.5 Å². The van der Waals surface area contributed by atoms with E-state index < -0.39 is 0 Å². The van der Waals surface area contributed by atoms with Gasteiger partial charge in [0, 0.05) is 25.2 Å². The largest absolute Gasteiger partial charge is 0.380 e. The van der Waals surface area contributed by atoms with Gasteiger partial charge < -0.3 is 10.5 Å². The zero-order chi connectivity index (χ0) is 11.8. The molecule has 0 aliphatic heterocycles. The molecule has 1 aliphatic rings. The van der Waals surface area contributed by atoms with E-state index in [1.54, 1.807) is 0 Å². The Morgan fingerprint density at radius 3 is 2.69 bits per heavy atom. The molecule has 0 radical (unpaired) electrons. The van der Waals surface area contributed by atoms with Gasteiger partial charge in [-0.3, -0.25) is 4.90 Å². The first-order valence-electron chi connectivity index (χ1n) is 6.79. The highest BCUT2D eigenvalue weighted by Crippen LogP contribution is 2.20. The number of unbranched alkanes of at least 4 members (excludes halogenated alkanes) is 1. The molecular weight excluding hydrogens is 200 g/mol. The summed E-state index contributed by atoms with van der Waals surface area (Å²) in [5.74, 6) is 0. The van der Waals surface area contributed by atoms with Crippen molar-refractivity contribution in [2.75, 3.05) is 26.8 Å². The summed E-state index contributed by atoms with van der Waals surface area (Å²) in [7, 11) is 2.18. The molecule has 0 aromatic rings. The number of likely N-dealkylation sites (N-methyl/N-ethyl adjacent to an activating group) is 1. The normalized spacial score (nSPS) is 26.2. The molecule has 1 rings (SSSR count). The summed E-state index contributed by atoms with van der Waals surface area (Å²) in [5, 5.41) is 0. The zero-order valence-electron chi connectivity index (χ0n) is 11.0. The molecule has 1 saturated carbocycles. The Bertz CT molecular complexity index is 175. The Morgan fingerprint density at radius 1 is 1.25 bits per heavy atom. The fraction of sp³-hybridized carbons (Fsp3) is 1.00. The third kappa shape index (κ3) is 4.81. The lowest BCUT2D eigenvalue weighted by Crippen LogP contribution is -2.48. The first-order valence-corrected chi connectivity index (χ1v) is 6.79. The topological polar surface area (TPSA) is 38.5 Å². The van der Waals surface area contributed by atoms with Crippen LogP contribution in [0.15, 0.2) is 0 Å². The van der Waals surface area contributed by atoms with Crippen LogP contribution in [-0.4, -0.2) is 43.8 Å². The third-order valence-corrected chi connectivity index (χ3v) is 3.58. The second kappa shape index (κ2) is 8.04. The van der Waals surface area contributed by atoms with Crippen LogP contribution in [0.3, 0.4) is 0 Å². The lowest BCUT2D eigenvalue weighted by molar-refractivity contribution is 0.0829. The predicted octanol–water partition coefficient (Wildman–Crippen LogP) is 2.00. The highest BCUT2D eigenvalue weighted by Gasteiger charge is 2.24. The summed E-state index contributed by atoms with van der Waals surface area (Å²) < 4.78 is 5.59. The second-order valence-corrected chi connectivity index (χ2v) is 4.96. The zero-order valence-corrected chi connectivity index (χ0v) is 11.0. The second-order valence-electron chi connectivity index (χ2n) is 4.96. The Labute approximate surface area is 100 Å². The Morgan fingerprint density at radius 2 is 2.00 bits per heavy atom. The maximum Gasteiger partial charge on any atom is 0.0593 e. The van der Waals surface area contributed by atoms with Gasteiger partial charge in [-0.1, -0.05) is 26.2 Å². The van der Waals surface area contributed by atoms with Crippen LogP contribution in [0.25, 0.3) is 0 Å². The standard InChI is InChI=1S/C13H28N2O/c1-3-4-10-16-11-9-15(2)13-8-6-5-7-12(13)14/h12-13H,3-11,14H2,1-2H3. The van der Waals surface area contributed by atoms with E-state index in [1.807, 2.05) is 0 Å². The Balaban J connectivity index is 2.10. The van der Waals surface area contributed by atoms with E-state index in [1.165, 1.54) is 38.5 Å². The lowest BCUT2D eigenvalue weighted by atomic mass is 9.90. The Hall–Kier alpha value is -0.120. The highest BCUT2D eigenvalue weighted by atomic mass is 16.5. The fourth-order valence-electron chi connectivity index (χ4n) is 2.41. The molecule has 0 aromatic carbocycles. The first-order chi connectivity index (χ1) is 7.75. The SMILES string of the molecule is CCCCOCCN(C)C1CCCCC1N. The van der Waals surface area contributed by atoms with Crippen LogP contribution in [0.5, 0.6) is 0 Å². The molecule has 2 unspecified atom stereocenters. The minimum absolute atomic E-state index is 0.370. The molecule has 0 bridgehead atoms. The molecule has 3 heteroatoms. The molecule has 1 fully saturated rings. The van der Waals surface area contributed by atoms with E-state index in [-0.39, 0.29) is 0 Å². The van der Waals surface area contributed by atoms with E-state index in [2.05, 4.69) is 18.9 Å². The lowest BCUT2D eigenvalue weighted by Gasteiger charge is -2.35. The molecule has 1 aliphatic carbocycles. The van der Waals surface area contributed by atoms with Gasteiger partial charge in [0.2, 0.25) is 0 Å². The number of hydrogen-bond acceptors (Lipinski definition) is 3. The van der Waals surface area contributed by atoms with Crippen molar-refractivity contribution in [1.29, 1.82) is 0 Å². The predicted molar refractivity (Wildman–Crippen MR) is 68.6 cm³/mol. The van der Waals surface area contributed by atoms with E-state index >= 15 is 0 Å². The average Bonchev–Trinajstić information content (AvgIpc) is 2.29. The summed E-state index contributed by atoms with van der Waals surface area (Å²) in [6.45, 7) is 4.96. The molecule has 0 amide bonds. The summed E-state index contributed by atoms with van der Waals surface area (Å²) in [6.07, 6.45) is 7.46. The van der Waals surface area contributed by atoms with Crippen molar-refractivity contribution in [3.05, 3.63) is 0 Å². The van der Waals surface area contributed by atoms with Gasteiger partial charge in [0.15, 0.2) is 0 Å². The van der Waals surface area contributed by atoms with Crippen LogP contribution in [0, 0.1) is 0 Å². The van der Waals surface area contributed by atoms with Crippen molar-refractivity contribution in [3.8, 4) is 0 Å². The highest BCUT2D eigenvalue weighted by molar-refractivity contribution is 4.84. The molecule has 0 spiro atoms. The molecule has 0 aromatic heterocycles. The number of nitrogens with two attached hydrogens (primary N) is 1. The van der Waals surface area contributed by atoms with Crippen molar-refractivity contribution >= 4 is 0 Å². The van der Waals surface area contributed by atoms with Crippen molar-refractivity contribution in [2.45, 2.75) is 57.5 Å². The third-order valence-electron chi connectivity index (χ3n) is 3.58. The minimum atomic E-state index is 0.370. The molecule has 2 atom stereocenters. The van der Waals surface area contributed by atoms with Crippen LogP contribution in [0.2, 0.25) is 0 Å². The smallest absolute Gasteiger partial charge is 0.0593 e. The quantitative estimate of drug-likeness (QED) is 0.677. The van der Waals surface area contributed by atoms with Crippen molar-refractivity contribution in [2.24, 2.45) is 5.73 Å². The molecule has 3 nitrogen and oxygen atoms in total. The monoisotopic (exact) mass is 228 g/mol. The molecule has 16 heavy (non-hydrogen) atoms. The van der Waals surface area contributed by atoms with Gasteiger partial charge >= 0.3 is 0 Å². The van der Waals surface area contributed by atoms with Gasteiger partial charge in [0.1, 0.15) is 0 Å². The van der Waals surface area contributed by atoms with Gasteiger partial charge in [-0.25, -0.2) is 0 Å². The van der Waals surface area contributed by atoms with Crippen LogP contribution in [0.4, 0.5) is 0 Å². The average molecular weight is 228 g/mol. The number of rotatable bonds is 7. The van der Waals surface area contributed by atoms with Gasteiger partial charge in [-0.2, -0.15) is 0 Å². The molecule has 0 heterocycles. The van der Waals surface area contributed by atoms with Gasteiger partial charge in [-0.05, 0) is 26.3 Å². The molecule has 2 N–H and O–H groups in total. The molecule has 96 valence electrons. The van der Waals surface area contributed by atoms with Gasteiger partial charge in [-0.15, -0.1) is 0 Å². The number of nitrogens with zero attached hydrogens (tertiary/aromatic N) is 1. The van der Waals surface area contributed by atoms with Crippen LogP contribution in [-0.2, 0) is 4.74 Å². The summed E-state index contributed by atoms with van der Waals surface area (Å²) >= 11 is 0. The van der Waals surface area contributed by atoms with Gasteiger partial charge in [0.05, 0.1) is 6.61 Å². The van der Waals surface area contributed by atoms with Crippen LogP contribution < -0.4 is 5.73 Å². The molecule has 0 saturated heterocycles. The summed E-state index contributed by atoms with van der Waals surface area (Å²) in [6, 6.07) is 0.943. The van der Waals surface area contributed by atoms with Crippen molar-refractivity contribution in [3.63, 3.8) is 0 Å². The van der Waals surface area contributed by atoms with Crippen molar-refractivity contribution in [1.82, 2.24) is 4.90 Å². The van der Waals surface area contributed by atoms with Gasteiger partial charge in [0.25, 0.3) is 0 Å². The maximum atomic E-state index is 6.15. The van der Waals surface area contributed by atoms with Crippen molar-refractivity contribution < 1.29 is 4.74 Å². The van der Waals surface area contributed by atoms with E-state index in [0.717, 1.165) is 19.8 Å². The van der Waals surface area contributed by atoms with Crippen LogP contribution >= 0.6 is 0 Å². The number of ether oxygens (including phenoxy) is 1.